The smallest absolute Gasteiger partial charge is 0.346 e. The van der Waals surface area contributed by atoms with Crippen LogP contribution in [0.15, 0.2) is 48.6 Å². The van der Waals surface area contributed by atoms with Gasteiger partial charge in [-0.05, 0) is 11.6 Å². The predicted octanol–water partition coefficient (Wildman–Crippen LogP) is 1.82. The number of hydrogen-bond donors (Lipinski definition) is 1. The van der Waals surface area contributed by atoms with E-state index in [0.717, 1.165) is 0 Å². The summed E-state index contributed by atoms with van der Waals surface area (Å²) in [5.41, 5.74) is 0.340. The van der Waals surface area contributed by atoms with Gasteiger partial charge in [-0.2, -0.15) is 5.26 Å². The van der Waals surface area contributed by atoms with Gasteiger partial charge in [-0.25, -0.2) is 4.79 Å². The fraction of sp³-hybridized carbons (Fsp3) is 0. The lowest BCUT2D eigenvalue weighted by molar-refractivity contribution is -0.132. The molecule has 0 aromatic carbocycles. The first-order valence-corrected chi connectivity index (χ1v) is 3.45. The summed E-state index contributed by atoms with van der Waals surface area (Å²) in [5, 5.41) is 16.8. The Labute approximate surface area is 76.6 Å². The van der Waals surface area contributed by atoms with Crippen molar-refractivity contribution in [1.29, 1.82) is 5.26 Å². The molecule has 0 unspecified atom stereocenters. The fourth-order valence-corrected chi connectivity index (χ4v) is 0.492. The summed E-state index contributed by atoms with van der Waals surface area (Å²) >= 11 is 0. The summed E-state index contributed by atoms with van der Waals surface area (Å²) in [6.45, 7) is 7.04. The molecule has 0 bridgehead atoms. The fourth-order valence-electron chi connectivity index (χ4n) is 0.492. The number of rotatable bonds is 4. The molecule has 66 valence electrons. The average molecular weight is 175 g/mol. The van der Waals surface area contributed by atoms with Crippen LogP contribution >= 0.6 is 0 Å². The van der Waals surface area contributed by atoms with Gasteiger partial charge in [-0.1, -0.05) is 31.4 Å². The zero-order valence-corrected chi connectivity index (χ0v) is 7.03. The van der Waals surface area contributed by atoms with Crippen molar-refractivity contribution in [3.05, 3.63) is 48.6 Å². The molecular formula is C10H9NO2. The molecule has 0 heterocycles. The molecule has 0 aliphatic carbocycles. The second-order valence-corrected chi connectivity index (χ2v) is 2.14. The number of aliphatic carboxylic acids is 1. The third-order valence-electron chi connectivity index (χ3n) is 1.19. The van der Waals surface area contributed by atoms with Crippen molar-refractivity contribution < 1.29 is 9.90 Å². The van der Waals surface area contributed by atoms with Crippen molar-refractivity contribution in [3.63, 3.8) is 0 Å². The highest BCUT2D eigenvalue weighted by Gasteiger charge is 2.02. The molecule has 0 aliphatic heterocycles. The standard InChI is InChI=1S/C10H9NO2/c1-3-8(2)5-4-6-9(7-11)10(12)13/h3-6H,1-2H2,(H,12,13)/b5-4+,9-6+. The first kappa shape index (κ1) is 10.9. The van der Waals surface area contributed by atoms with E-state index in [9.17, 15) is 4.79 Å². The maximum absolute atomic E-state index is 10.3. The van der Waals surface area contributed by atoms with E-state index in [4.69, 9.17) is 10.4 Å². The molecular weight excluding hydrogens is 166 g/mol. The molecule has 0 saturated heterocycles. The zero-order valence-electron chi connectivity index (χ0n) is 7.03. The van der Waals surface area contributed by atoms with Crippen LogP contribution in [0.5, 0.6) is 0 Å². The Hall–Kier alpha value is -2.08. The van der Waals surface area contributed by atoms with Crippen LogP contribution in [0.4, 0.5) is 0 Å². The normalized spacial score (nSPS) is 10.8. The number of carbonyl (C=O) groups is 1. The Morgan fingerprint density at radius 2 is 2.15 bits per heavy atom. The van der Waals surface area contributed by atoms with Crippen molar-refractivity contribution in [2.45, 2.75) is 0 Å². The van der Waals surface area contributed by atoms with Crippen molar-refractivity contribution in [1.82, 2.24) is 0 Å². The van der Waals surface area contributed by atoms with Crippen LogP contribution in [0, 0.1) is 11.3 Å². The van der Waals surface area contributed by atoms with Crippen LogP contribution in [0.1, 0.15) is 0 Å². The summed E-state index contributed by atoms with van der Waals surface area (Å²) in [6.07, 6.45) is 5.73. The van der Waals surface area contributed by atoms with Gasteiger partial charge in [0.2, 0.25) is 0 Å². The van der Waals surface area contributed by atoms with Crippen LogP contribution in [-0.4, -0.2) is 11.1 Å². The van der Waals surface area contributed by atoms with E-state index in [1.807, 2.05) is 0 Å². The maximum atomic E-state index is 10.3. The molecule has 0 aromatic rings. The molecule has 0 aromatic heterocycles. The van der Waals surface area contributed by atoms with Gasteiger partial charge >= 0.3 is 5.97 Å². The van der Waals surface area contributed by atoms with E-state index in [1.165, 1.54) is 18.2 Å². The highest BCUT2D eigenvalue weighted by molar-refractivity contribution is 5.91. The molecule has 0 atom stereocenters. The van der Waals surface area contributed by atoms with E-state index in [0.29, 0.717) is 5.57 Å². The third-order valence-corrected chi connectivity index (χ3v) is 1.19. The van der Waals surface area contributed by atoms with Crippen molar-refractivity contribution in [3.8, 4) is 6.07 Å². The predicted molar refractivity (Wildman–Crippen MR) is 49.8 cm³/mol. The Morgan fingerprint density at radius 3 is 2.54 bits per heavy atom. The highest BCUT2D eigenvalue weighted by Crippen LogP contribution is 1.96. The minimum absolute atomic E-state index is 0.312. The van der Waals surface area contributed by atoms with E-state index in [-0.39, 0.29) is 5.57 Å². The van der Waals surface area contributed by atoms with E-state index in [2.05, 4.69) is 13.2 Å². The van der Waals surface area contributed by atoms with Crippen LogP contribution in [0.25, 0.3) is 0 Å². The summed E-state index contributed by atoms with van der Waals surface area (Å²) in [5.74, 6) is -1.24. The Morgan fingerprint density at radius 1 is 1.54 bits per heavy atom. The van der Waals surface area contributed by atoms with Crippen molar-refractivity contribution in [2.24, 2.45) is 0 Å². The molecule has 0 spiro atoms. The van der Waals surface area contributed by atoms with Gasteiger partial charge in [0.25, 0.3) is 0 Å². The number of carboxylic acids is 1. The van der Waals surface area contributed by atoms with Gasteiger partial charge in [-0.15, -0.1) is 0 Å². The maximum Gasteiger partial charge on any atom is 0.346 e. The number of carboxylic acid groups (broad SMARTS) is 1. The Balaban J connectivity index is 4.50. The summed E-state index contributed by atoms with van der Waals surface area (Å²) < 4.78 is 0. The third kappa shape index (κ3) is 4.38. The van der Waals surface area contributed by atoms with E-state index in [1.54, 1.807) is 12.1 Å². The molecule has 0 amide bonds. The number of allylic oxidation sites excluding steroid dienone is 5. The highest BCUT2D eigenvalue weighted by atomic mass is 16.4. The second kappa shape index (κ2) is 5.56. The average Bonchev–Trinajstić information content (AvgIpc) is 2.11. The molecule has 3 heteroatoms. The summed E-state index contributed by atoms with van der Waals surface area (Å²) in [7, 11) is 0. The lowest BCUT2D eigenvalue weighted by Gasteiger charge is -1.86. The molecule has 3 nitrogen and oxygen atoms in total. The topological polar surface area (TPSA) is 61.1 Å². The Bertz CT molecular complexity index is 329. The molecule has 0 rings (SSSR count). The molecule has 0 aliphatic rings. The van der Waals surface area contributed by atoms with E-state index < -0.39 is 5.97 Å². The lowest BCUT2D eigenvalue weighted by atomic mass is 10.2. The van der Waals surface area contributed by atoms with E-state index >= 15 is 0 Å². The SMILES string of the molecule is C=CC(=C)/C=C/C=C(\C#N)C(=O)O. The quantitative estimate of drug-likeness (QED) is 0.402. The zero-order chi connectivity index (χ0) is 10.3. The van der Waals surface area contributed by atoms with Gasteiger partial charge in [0.1, 0.15) is 11.6 Å². The minimum Gasteiger partial charge on any atom is -0.477 e. The van der Waals surface area contributed by atoms with Crippen LogP contribution in [0.3, 0.4) is 0 Å². The minimum atomic E-state index is -1.24. The van der Waals surface area contributed by atoms with Gasteiger partial charge < -0.3 is 5.11 Å². The molecule has 0 saturated carbocycles. The second-order valence-electron chi connectivity index (χ2n) is 2.14. The van der Waals surface area contributed by atoms with Crippen molar-refractivity contribution in [2.75, 3.05) is 0 Å². The molecule has 1 N–H and O–H groups in total. The van der Waals surface area contributed by atoms with Gasteiger partial charge in [0.15, 0.2) is 0 Å². The lowest BCUT2D eigenvalue weighted by Crippen LogP contribution is -1.96. The number of nitrogens with zero attached hydrogens (tertiary/aromatic N) is 1. The summed E-state index contributed by atoms with van der Waals surface area (Å²) in [4.78, 5) is 10.3. The van der Waals surface area contributed by atoms with Gasteiger partial charge in [-0.3, -0.25) is 0 Å². The molecule has 0 radical (unpaired) electrons. The van der Waals surface area contributed by atoms with Crippen LogP contribution in [0.2, 0.25) is 0 Å². The first-order chi connectivity index (χ1) is 6.11. The Kier molecular flexibility index (Phi) is 4.67. The number of hydrogen-bond acceptors (Lipinski definition) is 2. The largest absolute Gasteiger partial charge is 0.477 e. The first-order valence-electron chi connectivity index (χ1n) is 3.45. The number of nitriles is 1. The van der Waals surface area contributed by atoms with Gasteiger partial charge in [0.05, 0.1) is 0 Å². The van der Waals surface area contributed by atoms with Crippen molar-refractivity contribution >= 4 is 5.97 Å². The summed E-state index contributed by atoms with van der Waals surface area (Å²) in [6, 6.07) is 1.55. The molecule has 0 fully saturated rings. The monoisotopic (exact) mass is 175 g/mol. The van der Waals surface area contributed by atoms with Crippen LogP contribution < -0.4 is 0 Å². The van der Waals surface area contributed by atoms with Gasteiger partial charge in [0, 0.05) is 0 Å². The van der Waals surface area contributed by atoms with Crippen LogP contribution in [-0.2, 0) is 4.79 Å². The molecule has 13 heavy (non-hydrogen) atoms.